The second-order valence-electron chi connectivity index (χ2n) is 5.13. The van der Waals surface area contributed by atoms with Crippen LogP contribution in [0.3, 0.4) is 0 Å². The predicted molar refractivity (Wildman–Crippen MR) is 85.2 cm³/mol. The van der Waals surface area contributed by atoms with Crippen LogP contribution in [0.2, 0.25) is 0 Å². The van der Waals surface area contributed by atoms with E-state index in [4.69, 9.17) is 17.0 Å². The van der Waals surface area contributed by atoms with E-state index < -0.39 is 0 Å². The van der Waals surface area contributed by atoms with E-state index in [1.165, 1.54) is 5.56 Å². The number of aryl methyl sites for hydroxylation is 2. The topological polar surface area (TPSA) is 61.4 Å². The van der Waals surface area contributed by atoms with Crippen molar-refractivity contribution in [2.75, 3.05) is 13.2 Å². The minimum Gasteiger partial charge on any atom is -0.376 e. The van der Waals surface area contributed by atoms with Crippen LogP contribution in [-0.4, -0.2) is 35.1 Å². The molecule has 0 aromatic carbocycles. The summed E-state index contributed by atoms with van der Waals surface area (Å²) in [5, 5.41) is 8.00. The highest BCUT2D eigenvalue weighted by atomic mass is 32.1. The molecule has 1 fully saturated rings. The lowest BCUT2D eigenvalue weighted by Gasteiger charge is -2.12. The van der Waals surface area contributed by atoms with Crippen LogP contribution in [-0.2, 0) is 4.74 Å². The third-order valence-electron chi connectivity index (χ3n) is 3.48. The molecule has 2 rings (SSSR count). The van der Waals surface area contributed by atoms with Crippen molar-refractivity contribution >= 4 is 23.0 Å². The van der Waals surface area contributed by atoms with Crippen LogP contribution in [0, 0.1) is 13.8 Å². The molecule has 2 heterocycles. The van der Waals surface area contributed by atoms with Crippen LogP contribution in [0.25, 0.3) is 0 Å². The molecule has 1 atom stereocenters. The zero-order valence-electron chi connectivity index (χ0n) is 12.2. The minimum absolute atomic E-state index is 0.272. The minimum atomic E-state index is 0.272. The fraction of sp³-hybridized carbons (Fsp3) is 0.571. The first-order chi connectivity index (χ1) is 9.58. The Morgan fingerprint density at radius 2 is 2.35 bits per heavy atom. The number of hydrogen-bond donors (Lipinski definition) is 3. The largest absolute Gasteiger partial charge is 0.376 e. The quantitative estimate of drug-likeness (QED) is 0.451. The Hall–Kier alpha value is -1.40. The summed E-state index contributed by atoms with van der Waals surface area (Å²) in [6, 6.07) is 0. The standard InChI is InChI=1S/C14H22N4OS/c1-9-7-15-10(2)13(9)11(3)17-18-14(20)16-8-12-5-4-6-19-12/h7,12,15H,4-6,8H2,1-3H3,(H2,16,18,20)/b17-11+/t12-/m1/s1. The van der Waals surface area contributed by atoms with Crippen LogP contribution in [0.1, 0.15) is 36.6 Å². The van der Waals surface area contributed by atoms with Gasteiger partial charge in [0.05, 0.1) is 11.8 Å². The second kappa shape index (κ2) is 6.85. The number of aromatic nitrogens is 1. The summed E-state index contributed by atoms with van der Waals surface area (Å²) < 4.78 is 5.53. The highest BCUT2D eigenvalue weighted by molar-refractivity contribution is 7.80. The lowest BCUT2D eigenvalue weighted by molar-refractivity contribution is 0.114. The molecule has 1 aromatic rings. The summed E-state index contributed by atoms with van der Waals surface area (Å²) in [7, 11) is 0. The van der Waals surface area contributed by atoms with Gasteiger partial charge < -0.3 is 15.0 Å². The normalized spacial score (nSPS) is 19.1. The van der Waals surface area contributed by atoms with E-state index in [-0.39, 0.29) is 6.10 Å². The van der Waals surface area contributed by atoms with Crippen LogP contribution in [0.4, 0.5) is 0 Å². The average molecular weight is 294 g/mol. The van der Waals surface area contributed by atoms with Gasteiger partial charge in [0.2, 0.25) is 0 Å². The van der Waals surface area contributed by atoms with Crippen molar-refractivity contribution < 1.29 is 4.74 Å². The van der Waals surface area contributed by atoms with Gasteiger partial charge in [-0.15, -0.1) is 0 Å². The number of H-pyrrole nitrogens is 1. The molecule has 1 saturated heterocycles. The Balaban J connectivity index is 1.83. The van der Waals surface area contributed by atoms with Crippen molar-refractivity contribution in [3.8, 4) is 0 Å². The lowest BCUT2D eigenvalue weighted by Crippen LogP contribution is -2.37. The maximum atomic E-state index is 5.53. The monoisotopic (exact) mass is 294 g/mol. The van der Waals surface area contributed by atoms with E-state index in [0.717, 1.165) is 43.0 Å². The molecule has 1 aliphatic heterocycles. The molecule has 0 amide bonds. The maximum Gasteiger partial charge on any atom is 0.187 e. The zero-order chi connectivity index (χ0) is 14.5. The summed E-state index contributed by atoms with van der Waals surface area (Å²) in [5.74, 6) is 0. The number of thiocarbonyl (C=S) groups is 1. The first-order valence-corrected chi connectivity index (χ1v) is 7.33. The van der Waals surface area contributed by atoms with E-state index in [2.05, 4.69) is 27.8 Å². The van der Waals surface area contributed by atoms with Crippen molar-refractivity contribution in [3.63, 3.8) is 0 Å². The second-order valence-corrected chi connectivity index (χ2v) is 5.53. The molecule has 6 heteroatoms. The first kappa shape index (κ1) is 15.0. The van der Waals surface area contributed by atoms with E-state index in [1.807, 2.05) is 20.0 Å². The number of hydrogen-bond acceptors (Lipinski definition) is 3. The van der Waals surface area contributed by atoms with Gasteiger partial charge in [-0.05, 0) is 51.4 Å². The molecule has 0 radical (unpaired) electrons. The van der Waals surface area contributed by atoms with Gasteiger partial charge in [-0.3, -0.25) is 5.43 Å². The van der Waals surface area contributed by atoms with Crippen molar-refractivity contribution in [2.45, 2.75) is 39.7 Å². The van der Waals surface area contributed by atoms with Gasteiger partial charge >= 0.3 is 0 Å². The van der Waals surface area contributed by atoms with E-state index in [9.17, 15) is 0 Å². The van der Waals surface area contributed by atoms with Crippen LogP contribution in [0.5, 0.6) is 0 Å². The summed E-state index contributed by atoms with van der Waals surface area (Å²) in [6.45, 7) is 7.67. The highest BCUT2D eigenvalue weighted by Gasteiger charge is 2.15. The molecular formula is C14H22N4OS. The van der Waals surface area contributed by atoms with Gasteiger partial charge in [-0.2, -0.15) is 5.10 Å². The molecular weight excluding hydrogens is 272 g/mol. The van der Waals surface area contributed by atoms with E-state index >= 15 is 0 Å². The molecule has 0 unspecified atom stereocenters. The zero-order valence-corrected chi connectivity index (χ0v) is 13.1. The maximum absolute atomic E-state index is 5.53. The van der Waals surface area contributed by atoms with Crippen LogP contribution < -0.4 is 10.7 Å². The van der Waals surface area contributed by atoms with Gasteiger partial charge in [-0.1, -0.05) is 0 Å². The predicted octanol–water partition coefficient (Wildman–Crippen LogP) is 2.00. The number of hydrazone groups is 1. The molecule has 20 heavy (non-hydrogen) atoms. The van der Waals surface area contributed by atoms with Crippen molar-refractivity contribution in [1.82, 2.24) is 15.7 Å². The molecule has 0 aliphatic carbocycles. The lowest BCUT2D eigenvalue weighted by atomic mass is 10.1. The Morgan fingerprint density at radius 3 is 2.95 bits per heavy atom. The molecule has 0 spiro atoms. The summed E-state index contributed by atoms with van der Waals surface area (Å²) in [6.07, 6.45) is 4.49. The Morgan fingerprint density at radius 1 is 1.55 bits per heavy atom. The Kier molecular flexibility index (Phi) is 5.14. The molecule has 1 aromatic heterocycles. The summed E-state index contributed by atoms with van der Waals surface area (Å²) in [5.41, 5.74) is 7.24. The van der Waals surface area contributed by atoms with Crippen molar-refractivity contribution in [2.24, 2.45) is 5.10 Å². The van der Waals surface area contributed by atoms with Gasteiger partial charge in [0.25, 0.3) is 0 Å². The molecule has 0 saturated carbocycles. The molecule has 3 N–H and O–H groups in total. The fourth-order valence-corrected chi connectivity index (χ4v) is 2.58. The SMILES string of the molecule is C/C(=N\NC(=S)NC[C@H]1CCCO1)c1c(C)c[nH]c1C. The molecule has 0 bridgehead atoms. The number of nitrogens with zero attached hydrogens (tertiary/aromatic N) is 1. The Labute approximate surface area is 125 Å². The summed E-state index contributed by atoms with van der Waals surface area (Å²) >= 11 is 5.21. The van der Waals surface area contributed by atoms with Crippen LogP contribution >= 0.6 is 12.2 Å². The number of rotatable bonds is 4. The third kappa shape index (κ3) is 3.80. The summed E-state index contributed by atoms with van der Waals surface area (Å²) in [4.78, 5) is 3.19. The van der Waals surface area contributed by atoms with Crippen molar-refractivity contribution in [3.05, 3.63) is 23.0 Å². The smallest absolute Gasteiger partial charge is 0.187 e. The number of ether oxygens (including phenoxy) is 1. The number of aromatic amines is 1. The Bertz CT molecular complexity index is 484. The van der Waals surface area contributed by atoms with Crippen molar-refractivity contribution in [1.29, 1.82) is 0 Å². The van der Waals surface area contributed by atoms with Gasteiger partial charge in [0.1, 0.15) is 0 Å². The van der Waals surface area contributed by atoms with E-state index in [0.29, 0.717) is 5.11 Å². The van der Waals surface area contributed by atoms with Gasteiger partial charge in [-0.25, -0.2) is 0 Å². The fourth-order valence-electron chi connectivity index (χ4n) is 2.46. The number of nitrogens with one attached hydrogen (secondary N) is 3. The molecule has 5 nitrogen and oxygen atoms in total. The van der Waals surface area contributed by atoms with Gasteiger partial charge in [0, 0.05) is 30.6 Å². The molecule has 1 aliphatic rings. The third-order valence-corrected chi connectivity index (χ3v) is 3.71. The highest BCUT2D eigenvalue weighted by Crippen LogP contribution is 2.13. The van der Waals surface area contributed by atoms with Gasteiger partial charge in [0.15, 0.2) is 5.11 Å². The van der Waals surface area contributed by atoms with Crippen LogP contribution in [0.15, 0.2) is 11.3 Å². The van der Waals surface area contributed by atoms with E-state index in [1.54, 1.807) is 0 Å². The average Bonchev–Trinajstić information content (AvgIpc) is 3.04. The molecule has 110 valence electrons. The first-order valence-electron chi connectivity index (χ1n) is 6.92.